The zero-order chi connectivity index (χ0) is 20.9. The minimum Gasteiger partial charge on any atom is -0.393 e. The molecule has 1 aliphatic heterocycles. The van der Waals surface area contributed by atoms with Gasteiger partial charge in [0.2, 0.25) is 0 Å². The second-order valence-corrected chi connectivity index (χ2v) is 8.11. The average Bonchev–Trinajstić information content (AvgIpc) is 3.25. The topological polar surface area (TPSA) is 81.2 Å². The number of likely N-dealkylation sites (tertiary alicyclic amines) is 1. The Bertz CT molecular complexity index is 977. The Hall–Kier alpha value is -2.67. The zero-order valence-electron chi connectivity index (χ0n) is 16.6. The third-order valence-corrected chi connectivity index (χ3v) is 5.71. The second kappa shape index (κ2) is 9.43. The van der Waals surface area contributed by atoms with E-state index in [0.29, 0.717) is 22.8 Å². The van der Waals surface area contributed by atoms with Gasteiger partial charge in [-0.05, 0) is 36.1 Å². The molecule has 3 aromatic rings. The van der Waals surface area contributed by atoms with E-state index in [2.05, 4.69) is 32.5 Å². The number of nitrogens with zero attached hydrogens (tertiary/aromatic N) is 2. The molecule has 1 amide bonds. The van der Waals surface area contributed by atoms with Crippen LogP contribution in [0.3, 0.4) is 0 Å². The van der Waals surface area contributed by atoms with Gasteiger partial charge in [-0.2, -0.15) is 5.10 Å². The quantitative estimate of drug-likeness (QED) is 0.564. The summed E-state index contributed by atoms with van der Waals surface area (Å²) >= 11 is 5.95. The van der Waals surface area contributed by atoms with Crippen molar-refractivity contribution in [2.24, 2.45) is 0 Å². The summed E-state index contributed by atoms with van der Waals surface area (Å²) in [7, 11) is 0. The van der Waals surface area contributed by atoms with Crippen LogP contribution in [0.15, 0.2) is 54.7 Å². The van der Waals surface area contributed by atoms with Gasteiger partial charge in [-0.3, -0.25) is 14.8 Å². The third-order valence-electron chi connectivity index (χ3n) is 5.46. The minimum absolute atomic E-state index is 0.150. The van der Waals surface area contributed by atoms with Crippen LogP contribution >= 0.6 is 11.6 Å². The Morgan fingerprint density at radius 1 is 1.10 bits per heavy atom. The lowest BCUT2D eigenvalue weighted by Gasteiger charge is -2.29. The fraction of sp³-hybridized carbons (Fsp3) is 0.304. The van der Waals surface area contributed by atoms with Crippen molar-refractivity contribution >= 4 is 17.5 Å². The van der Waals surface area contributed by atoms with Gasteiger partial charge in [0.1, 0.15) is 0 Å². The molecule has 1 aliphatic rings. The van der Waals surface area contributed by atoms with E-state index in [-0.39, 0.29) is 12.0 Å². The van der Waals surface area contributed by atoms with E-state index < -0.39 is 0 Å². The molecule has 0 atom stereocenters. The molecule has 1 saturated heterocycles. The van der Waals surface area contributed by atoms with Gasteiger partial charge >= 0.3 is 0 Å². The number of hydrogen-bond donors (Lipinski definition) is 3. The first-order valence-electron chi connectivity index (χ1n) is 10.1. The molecule has 7 heteroatoms. The first-order chi connectivity index (χ1) is 14.6. The molecule has 0 bridgehead atoms. The number of nitrogens with one attached hydrogen (secondary N) is 2. The number of piperidine rings is 1. The molecule has 156 valence electrons. The molecule has 0 unspecified atom stereocenters. The van der Waals surface area contributed by atoms with E-state index in [0.717, 1.165) is 43.6 Å². The molecule has 0 radical (unpaired) electrons. The van der Waals surface area contributed by atoms with Crippen LogP contribution in [0.1, 0.15) is 34.3 Å². The molecule has 1 aromatic heterocycles. The van der Waals surface area contributed by atoms with Crippen LogP contribution in [0.25, 0.3) is 11.3 Å². The number of aliphatic hydroxyl groups excluding tert-OH is 1. The van der Waals surface area contributed by atoms with Crippen molar-refractivity contribution in [2.75, 3.05) is 13.1 Å². The maximum absolute atomic E-state index is 12.7. The summed E-state index contributed by atoms with van der Waals surface area (Å²) in [6.07, 6.45) is 3.08. The van der Waals surface area contributed by atoms with Crippen LogP contribution in [0.2, 0.25) is 5.02 Å². The Labute approximate surface area is 180 Å². The van der Waals surface area contributed by atoms with Gasteiger partial charge in [-0.15, -0.1) is 0 Å². The lowest BCUT2D eigenvalue weighted by molar-refractivity contribution is 0.0792. The Morgan fingerprint density at radius 2 is 1.77 bits per heavy atom. The molecule has 2 aromatic carbocycles. The van der Waals surface area contributed by atoms with Crippen LogP contribution in [0.4, 0.5) is 0 Å². The van der Waals surface area contributed by atoms with E-state index in [1.807, 2.05) is 24.3 Å². The number of amides is 1. The Balaban J connectivity index is 1.33. The predicted octanol–water partition coefficient (Wildman–Crippen LogP) is 3.62. The number of carbonyl (C=O) groups is 1. The van der Waals surface area contributed by atoms with Crippen molar-refractivity contribution in [3.05, 3.63) is 76.4 Å². The highest BCUT2D eigenvalue weighted by molar-refractivity contribution is 6.30. The number of aliphatic hydroxyl groups is 1. The number of benzene rings is 2. The highest BCUT2D eigenvalue weighted by Crippen LogP contribution is 2.23. The molecular weight excluding hydrogens is 400 g/mol. The number of rotatable bonds is 6. The second-order valence-electron chi connectivity index (χ2n) is 7.67. The molecular formula is C23H25ClN4O2. The average molecular weight is 425 g/mol. The van der Waals surface area contributed by atoms with Crippen LogP contribution in [-0.2, 0) is 13.1 Å². The highest BCUT2D eigenvalue weighted by Gasteiger charge is 2.17. The maximum Gasteiger partial charge on any atom is 0.255 e. The Morgan fingerprint density at radius 3 is 2.47 bits per heavy atom. The molecule has 0 aliphatic carbocycles. The predicted molar refractivity (Wildman–Crippen MR) is 117 cm³/mol. The van der Waals surface area contributed by atoms with Crippen molar-refractivity contribution in [2.45, 2.75) is 32.0 Å². The van der Waals surface area contributed by atoms with Gasteiger partial charge < -0.3 is 10.4 Å². The van der Waals surface area contributed by atoms with E-state index in [1.165, 1.54) is 11.8 Å². The zero-order valence-corrected chi connectivity index (χ0v) is 17.4. The van der Waals surface area contributed by atoms with E-state index in [9.17, 15) is 9.90 Å². The van der Waals surface area contributed by atoms with Crippen LogP contribution in [0.5, 0.6) is 0 Å². The monoisotopic (exact) mass is 424 g/mol. The minimum atomic E-state index is -0.176. The third kappa shape index (κ3) is 5.08. The van der Waals surface area contributed by atoms with Gasteiger partial charge in [-0.25, -0.2) is 0 Å². The van der Waals surface area contributed by atoms with E-state index in [1.54, 1.807) is 12.1 Å². The molecule has 1 fully saturated rings. The number of aromatic amines is 1. The normalized spacial score (nSPS) is 15.3. The van der Waals surface area contributed by atoms with E-state index in [4.69, 9.17) is 11.6 Å². The molecule has 0 saturated carbocycles. The molecule has 0 spiro atoms. The fourth-order valence-corrected chi connectivity index (χ4v) is 3.80. The molecule has 4 rings (SSSR count). The van der Waals surface area contributed by atoms with Crippen molar-refractivity contribution in [3.8, 4) is 11.3 Å². The van der Waals surface area contributed by atoms with E-state index >= 15 is 0 Å². The van der Waals surface area contributed by atoms with Crippen molar-refractivity contribution in [3.63, 3.8) is 0 Å². The van der Waals surface area contributed by atoms with Gasteiger partial charge in [-0.1, -0.05) is 48.0 Å². The standard InChI is InChI=1S/C23H25ClN4O2/c24-19-7-5-18(6-8-19)22-21(14-26-27-22)23(30)25-13-16-1-3-17(4-2-16)15-28-11-9-20(29)10-12-28/h1-8,14,20,29H,9-13,15H2,(H,25,30)(H,26,27). The number of hydrogen-bond acceptors (Lipinski definition) is 4. The van der Waals surface area contributed by atoms with Gasteiger partial charge in [0.05, 0.1) is 23.6 Å². The van der Waals surface area contributed by atoms with Crippen molar-refractivity contribution < 1.29 is 9.90 Å². The SMILES string of the molecule is O=C(NCc1ccc(CN2CCC(O)CC2)cc1)c1cn[nH]c1-c1ccc(Cl)cc1. The molecule has 6 nitrogen and oxygen atoms in total. The van der Waals surface area contributed by atoms with Crippen molar-refractivity contribution in [1.29, 1.82) is 0 Å². The molecule has 30 heavy (non-hydrogen) atoms. The molecule has 2 heterocycles. The summed E-state index contributed by atoms with van der Waals surface area (Å²) in [6.45, 7) is 3.19. The lowest BCUT2D eigenvalue weighted by Crippen LogP contribution is -2.35. The van der Waals surface area contributed by atoms with Gasteiger partial charge in [0.25, 0.3) is 5.91 Å². The lowest BCUT2D eigenvalue weighted by atomic mass is 10.1. The summed E-state index contributed by atoms with van der Waals surface area (Å²) in [5.74, 6) is -0.176. The van der Waals surface area contributed by atoms with Gasteiger partial charge in [0, 0.05) is 36.8 Å². The summed E-state index contributed by atoms with van der Waals surface area (Å²) in [5.41, 5.74) is 4.31. The largest absolute Gasteiger partial charge is 0.393 e. The number of carbonyl (C=O) groups excluding carboxylic acids is 1. The van der Waals surface area contributed by atoms with Crippen LogP contribution < -0.4 is 5.32 Å². The Kier molecular flexibility index (Phi) is 6.47. The fourth-order valence-electron chi connectivity index (χ4n) is 3.67. The number of aromatic nitrogens is 2. The van der Waals surface area contributed by atoms with Crippen LogP contribution in [-0.4, -0.2) is 45.3 Å². The smallest absolute Gasteiger partial charge is 0.255 e. The van der Waals surface area contributed by atoms with Crippen LogP contribution in [0, 0.1) is 0 Å². The summed E-state index contributed by atoms with van der Waals surface area (Å²) in [4.78, 5) is 15.0. The van der Waals surface area contributed by atoms with Crippen molar-refractivity contribution in [1.82, 2.24) is 20.4 Å². The number of halogens is 1. The summed E-state index contributed by atoms with van der Waals surface area (Å²) in [6, 6.07) is 15.6. The first-order valence-corrected chi connectivity index (χ1v) is 10.5. The first kappa shape index (κ1) is 20.6. The summed E-state index contributed by atoms with van der Waals surface area (Å²) < 4.78 is 0. The summed E-state index contributed by atoms with van der Waals surface area (Å²) in [5, 5.41) is 20.2. The highest BCUT2D eigenvalue weighted by atomic mass is 35.5. The number of H-pyrrole nitrogens is 1. The maximum atomic E-state index is 12.7. The molecule has 3 N–H and O–H groups in total. The van der Waals surface area contributed by atoms with Gasteiger partial charge in [0.15, 0.2) is 0 Å².